The fourth-order valence-corrected chi connectivity index (χ4v) is 1.96. The molecular formula is C13H13IN2O. The van der Waals surface area contributed by atoms with Gasteiger partial charge in [-0.05, 0) is 47.7 Å². The molecule has 1 N–H and O–H groups in total. The molecule has 0 radical (unpaired) electrons. The van der Waals surface area contributed by atoms with Crippen molar-refractivity contribution >= 4 is 28.3 Å². The van der Waals surface area contributed by atoms with Crippen LogP contribution in [0, 0.1) is 3.57 Å². The zero-order valence-electron chi connectivity index (χ0n) is 9.48. The second kappa shape index (κ2) is 5.86. The monoisotopic (exact) mass is 340 g/mol. The third-order valence-electron chi connectivity index (χ3n) is 2.13. The minimum Gasteiger partial charge on any atom is -0.456 e. The largest absolute Gasteiger partial charge is 0.456 e. The van der Waals surface area contributed by atoms with Gasteiger partial charge in [0.2, 0.25) is 0 Å². The maximum Gasteiger partial charge on any atom is 0.147 e. The van der Waals surface area contributed by atoms with Gasteiger partial charge in [0.15, 0.2) is 0 Å². The molecule has 0 amide bonds. The summed E-state index contributed by atoms with van der Waals surface area (Å²) in [6, 6.07) is 9.86. The van der Waals surface area contributed by atoms with Crippen molar-refractivity contribution in [1.29, 1.82) is 0 Å². The fraction of sp³-hybridized carbons (Fsp3) is 0.154. The van der Waals surface area contributed by atoms with Crippen molar-refractivity contribution in [3.8, 4) is 11.5 Å². The van der Waals surface area contributed by atoms with E-state index in [1.54, 1.807) is 12.4 Å². The van der Waals surface area contributed by atoms with Gasteiger partial charge in [0.05, 0.1) is 18.1 Å². The lowest BCUT2D eigenvalue weighted by Gasteiger charge is -2.08. The van der Waals surface area contributed by atoms with Crippen molar-refractivity contribution in [3.63, 3.8) is 0 Å². The second-order valence-corrected chi connectivity index (χ2v) is 4.74. The van der Waals surface area contributed by atoms with Crippen molar-refractivity contribution < 1.29 is 4.74 Å². The van der Waals surface area contributed by atoms with Crippen molar-refractivity contribution in [2.24, 2.45) is 0 Å². The molecule has 2 aromatic rings. The number of ether oxygens (including phenoxy) is 1. The van der Waals surface area contributed by atoms with Gasteiger partial charge in [-0.25, -0.2) is 0 Å². The van der Waals surface area contributed by atoms with Gasteiger partial charge in [-0.2, -0.15) is 0 Å². The fourth-order valence-electron chi connectivity index (χ4n) is 1.44. The highest BCUT2D eigenvalue weighted by Gasteiger charge is 1.99. The van der Waals surface area contributed by atoms with Crippen LogP contribution in [0.3, 0.4) is 0 Å². The first-order valence-electron chi connectivity index (χ1n) is 5.40. The van der Waals surface area contributed by atoms with E-state index in [0.717, 1.165) is 27.3 Å². The number of aromatic nitrogens is 1. The molecule has 0 spiro atoms. The van der Waals surface area contributed by atoms with E-state index < -0.39 is 0 Å². The number of nitrogens with zero attached hydrogens (tertiary/aromatic N) is 1. The molecule has 0 atom stereocenters. The molecule has 1 aromatic heterocycles. The van der Waals surface area contributed by atoms with Crippen molar-refractivity contribution in [1.82, 2.24) is 4.98 Å². The summed E-state index contributed by atoms with van der Waals surface area (Å²) in [5.41, 5.74) is 0.968. The SMILES string of the molecule is CCNc1cncc(Oc2cccc(I)c2)c1. The van der Waals surface area contributed by atoms with Crippen LogP contribution in [0.4, 0.5) is 5.69 Å². The summed E-state index contributed by atoms with van der Waals surface area (Å²) in [5.74, 6) is 1.57. The summed E-state index contributed by atoms with van der Waals surface area (Å²) in [6.45, 7) is 2.92. The minimum absolute atomic E-state index is 0.741. The van der Waals surface area contributed by atoms with Gasteiger partial charge in [0, 0.05) is 16.2 Å². The van der Waals surface area contributed by atoms with E-state index >= 15 is 0 Å². The lowest BCUT2D eigenvalue weighted by atomic mass is 10.3. The molecule has 0 aliphatic rings. The average molecular weight is 340 g/mol. The van der Waals surface area contributed by atoms with E-state index in [-0.39, 0.29) is 0 Å². The predicted molar refractivity (Wildman–Crippen MR) is 77.6 cm³/mol. The first kappa shape index (κ1) is 12.2. The van der Waals surface area contributed by atoms with Crippen LogP contribution in [0.2, 0.25) is 0 Å². The molecule has 0 saturated heterocycles. The molecule has 0 aliphatic carbocycles. The smallest absolute Gasteiger partial charge is 0.147 e. The normalized spacial score (nSPS) is 10.0. The van der Waals surface area contributed by atoms with E-state index in [1.807, 2.05) is 37.3 Å². The number of pyridine rings is 1. The Bertz CT molecular complexity index is 502. The Morgan fingerprint density at radius 1 is 1.24 bits per heavy atom. The number of rotatable bonds is 4. The Morgan fingerprint density at radius 2 is 2.12 bits per heavy atom. The molecule has 0 saturated carbocycles. The van der Waals surface area contributed by atoms with E-state index in [1.165, 1.54) is 0 Å². The van der Waals surface area contributed by atoms with Crippen molar-refractivity contribution in [2.75, 3.05) is 11.9 Å². The Labute approximate surface area is 114 Å². The Balaban J connectivity index is 2.15. The lowest BCUT2D eigenvalue weighted by molar-refractivity contribution is 0.480. The topological polar surface area (TPSA) is 34.2 Å². The summed E-state index contributed by atoms with van der Waals surface area (Å²) in [7, 11) is 0. The van der Waals surface area contributed by atoms with E-state index in [4.69, 9.17) is 4.74 Å². The summed E-state index contributed by atoms with van der Waals surface area (Å²) >= 11 is 2.26. The van der Waals surface area contributed by atoms with Crippen LogP contribution in [0.5, 0.6) is 11.5 Å². The second-order valence-electron chi connectivity index (χ2n) is 3.50. The van der Waals surface area contributed by atoms with Crippen LogP contribution in [0.15, 0.2) is 42.7 Å². The molecule has 4 heteroatoms. The molecule has 17 heavy (non-hydrogen) atoms. The number of benzene rings is 1. The van der Waals surface area contributed by atoms with Crippen molar-refractivity contribution in [3.05, 3.63) is 46.3 Å². The number of anilines is 1. The molecule has 2 rings (SSSR count). The van der Waals surface area contributed by atoms with Crippen LogP contribution >= 0.6 is 22.6 Å². The first-order valence-corrected chi connectivity index (χ1v) is 6.48. The van der Waals surface area contributed by atoms with Gasteiger partial charge in [-0.15, -0.1) is 0 Å². The lowest BCUT2D eigenvalue weighted by Crippen LogP contribution is -1.97. The third-order valence-corrected chi connectivity index (χ3v) is 2.80. The molecule has 0 unspecified atom stereocenters. The minimum atomic E-state index is 0.741. The Morgan fingerprint density at radius 3 is 2.88 bits per heavy atom. The van der Waals surface area contributed by atoms with Gasteiger partial charge in [0.1, 0.15) is 11.5 Å². The molecule has 1 aromatic carbocycles. The van der Waals surface area contributed by atoms with Crippen LogP contribution in [-0.2, 0) is 0 Å². The maximum atomic E-state index is 5.74. The molecule has 1 heterocycles. The molecule has 0 bridgehead atoms. The van der Waals surface area contributed by atoms with Gasteiger partial charge in [-0.3, -0.25) is 4.98 Å². The standard InChI is InChI=1S/C13H13IN2O/c1-2-16-11-7-13(9-15-8-11)17-12-5-3-4-10(14)6-12/h3-9,16H,2H2,1H3. The number of hydrogen-bond donors (Lipinski definition) is 1. The van der Waals surface area contributed by atoms with Crippen LogP contribution in [-0.4, -0.2) is 11.5 Å². The highest BCUT2D eigenvalue weighted by molar-refractivity contribution is 14.1. The third kappa shape index (κ3) is 3.59. The number of hydrogen-bond acceptors (Lipinski definition) is 3. The highest BCUT2D eigenvalue weighted by Crippen LogP contribution is 2.24. The zero-order chi connectivity index (χ0) is 12.1. The predicted octanol–water partition coefficient (Wildman–Crippen LogP) is 3.91. The van der Waals surface area contributed by atoms with Gasteiger partial charge < -0.3 is 10.1 Å². The average Bonchev–Trinajstić information content (AvgIpc) is 2.30. The first-order chi connectivity index (χ1) is 8.28. The van der Waals surface area contributed by atoms with Crippen molar-refractivity contribution in [2.45, 2.75) is 6.92 Å². The number of nitrogens with one attached hydrogen (secondary N) is 1. The maximum absolute atomic E-state index is 5.74. The van der Waals surface area contributed by atoms with Crippen LogP contribution in [0.1, 0.15) is 6.92 Å². The summed E-state index contributed by atoms with van der Waals surface area (Å²) in [6.07, 6.45) is 3.49. The molecule has 3 nitrogen and oxygen atoms in total. The van der Waals surface area contributed by atoms with E-state index in [2.05, 4.69) is 32.9 Å². The van der Waals surface area contributed by atoms with Crippen LogP contribution in [0.25, 0.3) is 0 Å². The molecule has 0 fully saturated rings. The van der Waals surface area contributed by atoms with E-state index in [0.29, 0.717) is 0 Å². The quantitative estimate of drug-likeness (QED) is 0.857. The Kier molecular flexibility index (Phi) is 4.19. The van der Waals surface area contributed by atoms with Gasteiger partial charge >= 0.3 is 0 Å². The molecule has 0 aliphatic heterocycles. The molecule has 88 valence electrons. The Hall–Kier alpha value is -1.30. The summed E-state index contributed by atoms with van der Waals surface area (Å²) in [4.78, 5) is 4.13. The van der Waals surface area contributed by atoms with E-state index in [9.17, 15) is 0 Å². The molecular weight excluding hydrogens is 327 g/mol. The summed E-state index contributed by atoms with van der Waals surface area (Å²) < 4.78 is 6.89. The summed E-state index contributed by atoms with van der Waals surface area (Å²) in [5, 5.41) is 3.20. The zero-order valence-corrected chi connectivity index (χ0v) is 11.6. The van der Waals surface area contributed by atoms with Gasteiger partial charge in [-0.1, -0.05) is 6.07 Å². The number of halogens is 1. The highest BCUT2D eigenvalue weighted by atomic mass is 127. The van der Waals surface area contributed by atoms with Gasteiger partial charge in [0.25, 0.3) is 0 Å². The van der Waals surface area contributed by atoms with Crippen LogP contribution < -0.4 is 10.1 Å².